The Kier molecular flexibility index (Phi) is 4.15. The summed E-state index contributed by atoms with van der Waals surface area (Å²) in [4.78, 5) is 11.8. The van der Waals surface area contributed by atoms with Gasteiger partial charge in [0.2, 0.25) is 0 Å². The number of hydrogen-bond donors (Lipinski definition) is 1. The van der Waals surface area contributed by atoms with Gasteiger partial charge in [0.05, 0.1) is 18.8 Å². The lowest BCUT2D eigenvalue weighted by atomic mass is 9.78. The van der Waals surface area contributed by atoms with Gasteiger partial charge in [0.25, 0.3) is 0 Å². The number of allylic oxidation sites excluding steroid dienone is 2. The third-order valence-electron chi connectivity index (χ3n) is 3.41. The van der Waals surface area contributed by atoms with Crippen molar-refractivity contribution in [3.63, 3.8) is 0 Å². The summed E-state index contributed by atoms with van der Waals surface area (Å²) in [7, 11) is 0. The minimum Gasteiger partial charge on any atom is -0.461 e. The van der Waals surface area contributed by atoms with E-state index in [-0.39, 0.29) is 24.6 Å². The first kappa shape index (κ1) is 12.8. The largest absolute Gasteiger partial charge is 0.461 e. The molecule has 3 heteroatoms. The molecule has 1 N–H and O–H groups in total. The van der Waals surface area contributed by atoms with Gasteiger partial charge in [-0.05, 0) is 31.4 Å². The number of aliphatic hydroxyl groups is 1. The topological polar surface area (TPSA) is 46.5 Å². The number of rotatable bonds is 4. The average molecular weight is 246 g/mol. The van der Waals surface area contributed by atoms with E-state index in [1.807, 2.05) is 18.2 Å². The summed E-state index contributed by atoms with van der Waals surface area (Å²) < 4.78 is 5.33. The lowest BCUT2D eigenvalue weighted by molar-refractivity contribution is 0.00628. The van der Waals surface area contributed by atoms with E-state index in [0.29, 0.717) is 5.56 Å². The van der Waals surface area contributed by atoms with Crippen LogP contribution in [-0.2, 0) is 4.74 Å². The summed E-state index contributed by atoms with van der Waals surface area (Å²) in [6, 6.07) is 8.94. The quantitative estimate of drug-likeness (QED) is 0.656. The number of carbonyl (C=O) groups is 1. The van der Waals surface area contributed by atoms with Crippen molar-refractivity contribution in [2.45, 2.75) is 19.3 Å². The van der Waals surface area contributed by atoms with E-state index in [2.05, 4.69) is 12.2 Å². The molecule has 18 heavy (non-hydrogen) atoms. The van der Waals surface area contributed by atoms with Crippen molar-refractivity contribution in [2.24, 2.45) is 5.41 Å². The van der Waals surface area contributed by atoms with Crippen LogP contribution >= 0.6 is 0 Å². The van der Waals surface area contributed by atoms with Gasteiger partial charge in [-0.3, -0.25) is 0 Å². The van der Waals surface area contributed by atoms with Crippen LogP contribution in [0.5, 0.6) is 0 Å². The zero-order valence-electron chi connectivity index (χ0n) is 10.3. The van der Waals surface area contributed by atoms with Gasteiger partial charge in [0.1, 0.15) is 0 Å². The Morgan fingerprint density at radius 1 is 1.28 bits per heavy atom. The van der Waals surface area contributed by atoms with Gasteiger partial charge in [-0.2, -0.15) is 0 Å². The maximum absolute atomic E-state index is 11.8. The molecule has 0 saturated heterocycles. The van der Waals surface area contributed by atoms with Crippen molar-refractivity contribution < 1.29 is 14.6 Å². The van der Waals surface area contributed by atoms with Gasteiger partial charge in [-0.1, -0.05) is 30.4 Å². The van der Waals surface area contributed by atoms with Crippen LogP contribution in [0.4, 0.5) is 0 Å². The SMILES string of the molecule is O=C(OCC1(CO)CC=CCC1)c1ccccc1. The number of esters is 1. The van der Waals surface area contributed by atoms with E-state index in [4.69, 9.17) is 4.74 Å². The van der Waals surface area contributed by atoms with Crippen LogP contribution in [0.2, 0.25) is 0 Å². The molecular weight excluding hydrogens is 228 g/mol. The van der Waals surface area contributed by atoms with Crippen LogP contribution in [0.25, 0.3) is 0 Å². The summed E-state index contributed by atoms with van der Waals surface area (Å²) in [6.07, 6.45) is 6.72. The standard InChI is InChI=1S/C15H18O3/c16-11-15(9-5-2-6-10-15)12-18-14(17)13-7-3-1-4-8-13/h1-5,7-8,16H,6,9-12H2. The van der Waals surface area contributed by atoms with Gasteiger partial charge in [0, 0.05) is 5.41 Å². The molecule has 0 heterocycles. The first-order chi connectivity index (χ1) is 8.76. The fraction of sp³-hybridized carbons (Fsp3) is 0.400. The smallest absolute Gasteiger partial charge is 0.338 e. The second kappa shape index (κ2) is 5.83. The highest BCUT2D eigenvalue weighted by Crippen LogP contribution is 2.32. The number of benzene rings is 1. The van der Waals surface area contributed by atoms with E-state index < -0.39 is 0 Å². The van der Waals surface area contributed by atoms with Crippen molar-refractivity contribution in [1.29, 1.82) is 0 Å². The molecule has 3 nitrogen and oxygen atoms in total. The third-order valence-corrected chi connectivity index (χ3v) is 3.41. The fourth-order valence-electron chi connectivity index (χ4n) is 2.14. The van der Waals surface area contributed by atoms with Crippen LogP contribution in [0.3, 0.4) is 0 Å². The minimum absolute atomic E-state index is 0.0550. The fourth-order valence-corrected chi connectivity index (χ4v) is 2.14. The summed E-state index contributed by atoms with van der Waals surface area (Å²) >= 11 is 0. The van der Waals surface area contributed by atoms with E-state index in [9.17, 15) is 9.90 Å². The summed E-state index contributed by atoms with van der Waals surface area (Å²) in [5.74, 6) is -0.321. The molecule has 1 aromatic rings. The molecular formula is C15H18O3. The van der Waals surface area contributed by atoms with E-state index in [1.165, 1.54) is 0 Å². The number of hydrogen-bond acceptors (Lipinski definition) is 3. The van der Waals surface area contributed by atoms with Gasteiger partial charge in [-0.25, -0.2) is 4.79 Å². The maximum atomic E-state index is 11.8. The Hall–Kier alpha value is -1.61. The van der Waals surface area contributed by atoms with Gasteiger partial charge < -0.3 is 9.84 Å². The van der Waals surface area contributed by atoms with Crippen LogP contribution in [-0.4, -0.2) is 24.3 Å². The monoisotopic (exact) mass is 246 g/mol. The molecule has 0 amide bonds. The lowest BCUT2D eigenvalue weighted by Crippen LogP contribution is -2.33. The molecule has 0 aliphatic heterocycles. The first-order valence-electron chi connectivity index (χ1n) is 6.24. The molecule has 0 saturated carbocycles. The van der Waals surface area contributed by atoms with Crippen molar-refractivity contribution >= 4 is 5.97 Å². The van der Waals surface area contributed by atoms with Crippen LogP contribution in [0.1, 0.15) is 29.6 Å². The van der Waals surface area contributed by atoms with E-state index in [0.717, 1.165) is 19.3 Å². The molecule has 0 aromatic heterocycles. The second-order valence-corrected chi connectivity index (χ2v) is 4.81. The zero-order valence-corrected chi connectivity index (χ0v) is 10.3. The van der Waals surface area contributed by atoms with E-state index >= 15 is 0 Å². The van der Waals surface area contributed by atoms with Crippen molar-refractivity contribution in [2.75, 3.05) is 13.2 Å². The van der Waals surface area contributed by atoms with Gasteiger partial charge in [-0.15, -0.1) is 0 Å². The van der Waals surface area contributed by atoms with E-state index in [1.54, 1.807) is 12.1 Å². The lowest BCUT2D eigenvalue weighted by Gasteiger charge is -2.32. The predicted octanol–water partition coefficient (Wildman–Crippen LogP) is 2.56. The Bertz CT molecular complexity index is 425. The first-order valence-corrected chi connectivity index (χ1v) is 6.24. The Morgan fingerprint density at radius 3 is 2.67 bits per heavy atom. The number of ether oxygens (including phenoxy) is 1. The Balaban J connectivity index is 1.94. The molecule has 2 rings (SSSR count). The van der Waals surface area contributed by atoms with Crippen LogP contribution < -0.4 is 0 Å². The highest BCUT2D eigenvalue weighted by atomic mass is 16.5. The molecule has 1 aliphatic rings. The molecule has 0 radical (unpaired) electrons. The Morgan fingerprint density at radius 2 is 2.06 bits per heavy atom. The maximum Gasteiger partial charge on any atom is 0.338 e. The third kappa shape index (κ3) is 2.99. The minimum atomic E-state index is -0.321. The molecule has 1 unspecified atom stereocenters. The molecule has 1 atom stereocenters. The normalized spacial score (nSPS) is 22.7. The van der Waals surface area contributed by atoms with Crippen LogP contribution in [0.15, 0.2) is 42.5 Å². The summed E-state index contributed by atoms with van der Waals surface area (Å²) in [5.41, 5.74) is 0.260. The highest BCUT2D eigenvalue weighted by molar-refractivity contribution is 5.89. The van der Waals surface area contributed by atoms with Crippen molar-refractivity contribution in [3.05, 3.63) is 48.0 Å². The highest BCUT2D eigenvalue weighted by Gasteiger charge is 2.31. The molecule has 1 aromatic carbocycles. The number of aliphatic hydroxyl groups excluding tert-OH is 1. The number of carbonyl (C=O) groups excluding carboxylic acids is 1. The van der Waals surface area contributed by atoms with Crippen LogP contribution in [0, 0.1) is 5.41 Å². The molecule has 0 fully saturated rings. The predicted molar refractivity (Wildman–Crippen MR) is 69.2 cm³/mol. The molecule has 96 valence electrons. The average Bonchev–Trinajstić information content (AvgIpc) is 2.47. The second-order valence-electron chi connectivity index (χ2n) is 4.81. The van der Waals surface area contributed by atoms with Gasteiger partial charge in [0.15, 0.2) is 0 Å². The molecule has 0 bridgehead atoms. The Labute approximate surface area is 107 Å². The summed E-state index contributed by atoms with van der Waals surface area (Å²) in [6.45, 7) is 0.334. The van der Waals surface area contributed by atoms with Crippen molar-refractivity contribution in [3.8, 4) is 0 Å². The van der Waals surface area contributed by atoms with Gasteiger partial charge >= 0.3 is 5.97 Å². The molecule has 0 spiro atoms. The summed E-state index contributed by atoms with van der Waals surface area (Å²) in [5, 5.41) is 9.50. The molecule has 1 aliphatic carbocycles. The van der Waals surface area contributed by atoms with Crippen molar-refractivity contribution in [1.82, 2.24) is 0 Å². The zero-order chi connectivity index (χ0) is 12.8.